The number of benzene rings is 2. The number of phenols is 1. The summed E-state index contributed by atoms with van der Waals surface area (Å²) < 4.78 is 29.7. The topological polar surface area (TPSA) is 105 Å². The number of piperazine rings is 1. The van der Waals surface area contributed by atoms with Crippen LogP contribution in [0, 0.1) is 21.7 Å². The first-order valence-electron chi connectivity index (χ1n) is 11.7. The number of pyridine rings is 2. The zero-order chi connectivity index (χ0) is 27.1. The molecule has 0 aliphatic carbocycles. The third-order valence-electron chi connectivity index (χ3n) is 6.83. The standard InChI is InChI=1S/C26H22BrF2N5O4/c1-31-19-9-10-20(27)30-21(19)23(24(26(31)36)34(37)38)33-13-11-32(12-14-33)22(15-5-7-16(28)8-6-15)17-3-2-4-18(29)25(17)35/h2-10,22,35H,11-14H2,1H3/t22-/m0/s1. The number of aromatic nitrogens is 2. The molecular formula is C26H22BrF2N5O4. The van der Waals surface area contributed by atoms with Crippen LogP contribution in [0.4, 0.5) is 20.2 Å². The molecule has 4 aromatic rings. The molecule has 1 atom stereocenters. The predicted molar refractivity (Wildman–Crippen MR) is 141 cm³/mol. The van der Waals surface area contributed by atoms with Gasteiger partial charge in [0.2, 0.25) is 0 Å². The summed E-state index contributed by atoms with van der Waals surface area (Å²) >= 11 is 3.32. The first kappa shape index (κ1) is 25.7. The predicted octanol–water partition coefficient (Wildman–Crippen LogP) is 4.50. The van der Waals surface area contributed by atoms with E-state index in [1.807, 2.05) is 4.90 Å². The molecule has 2 aromatic carbocycles. The van der Waals surface area contributed by atoms with Crippen molar-refractivity contribution in [3.8, 4) is 5.75 Å². The van der Waals surface area contributed by atoms with Crippen LogP contribution >= 0.6 is 15.9 Å². The maximum atomic E-state index is 14.3. The van der Waals surface area contributed by atoms with Gasteiger partial charge in [0.1, 0.15) is 15.9 Å². The molecule has 1 aliphatic heterocycles. The van der Waals surface area contributed by atoms with Crippen molar-refractivity contribution < 1.29 is 18.8 Å². The van der Waals surface area contributed by atoms with E-state index in [2.05, 4.69) is 20.9 Å². The molecule has 196 valence electrons. The highest BCUT2D eigenvalue weighted by molar-refractivity contribution is 9.10. The minimum Gasteiger partial charge on any atom is -0.505 e. The largest absolute Gasteiger partial charge is 0.505 e. The van der Waals surface area contributed by atoms with E-state index < -0.39 is 39.6 Å². The van der Waals surface area contributed by atoms with Crippen LogP contribution in [-0.4, -0.2) is 50.7 Å². The highest BCUT2D eigenvalue weighted by Gasteiger charge is 2.34. The molecule has 0 saturated carbocycles. The number of anilines is 1. The van der Waals surface area contributed by atoms with Crippen LogP contribution in [0.2, 0.25) is 0 Å². The van der Waals surface area contributed by atoms with E-state index in [4.69, 9.17) is 0 Å². The molecule has 9 nitrogen and oxygen atoms in total. The van der Waals surface area contributed by atoms with E-state index in [0.717, 1.165) is 6.07 Å². The van der Waals surface area contributed by atoms with Gasteiger partial charge in [0.15, 0.2) is 17.3 Å². The number of hydrogen-bond acceptors (Lipinski definition) is 7. The highest BCUT2D eigenvalue weighted by Crippen LogP contribution is 2.38. The van der Waals surface area contributed by atoms with Crippen LogP contribution in [0.3, 0.4) is 0 Å². The summed E-state index contributed by atoms with van der Waals surface area (Å²) in [5.41, 5.74) is 0.586. The summed E-state index contributed by atoms with van der Waals surface area (Å²) in [5, 5.41) is 22.6. The van der Waals surface area contributed by atoms with Crippen molar-refractivity contribution in [3.63, 3.8) is 0 Å². The van der Waals surface area contributed by atoms with Gasteiger partial charge in [0.05, 0.1) is 16.5 Å². The molecule has 0 unspecified atom stereocenters. The fourth-order valence-corrected chi connectivity index (χ4v) is 5.32. The average molecular weight is 586 g/mol. The molecule has 12 heteroatoms. The van der Waals surface area contributed by atoms with Gasteiger partial charge in [-0.25, -0.2) is 13.8 Å². The van der Waals surface area contributed by atoms with Crippen LogP contribution in [-0.2, 0) is 7.05 Å². The maximum absolute atomic E-state index is 14.3. The summed E-state index contributed by atoms with van der Waals surface area (Å²) in [7, 11) is 1.47. The van der Waals surface area contributed by atoms with Crippen molar-refractivity contribution >= 4 is 38.3 Å². The maximum Gasteiger partial charge on any atom is 0.359 e. The lowest BCUT2D eigenvalue weighted by molar-refractivity contribution is -0.385. The van der Waals surface area contributed by atoms with Crippen molar-refractivity contribution in [3.05, 3.63) is 102 Å². The van der Waals surface area contributed by atoms with Gasteiger partial charge in [-0.05, 0) is 51.8 Å². The number of phenolic OH excluding ortho intramolecular Hbond substituents is 1. The van der Waals surface area contributed by atoms with E-state index in [1.54, 1.807) is 35.2 Å². The molecule has 1 N–H and O–H groups in total. The smallest absolute Gasteiger partial charge is 0.359 e. The molecule has 1 aliphatic rings. The van der Waals surface area contributed by atoms with Gasteiger partial charge in [-0.1, -0.05) is 24.3 Å². The average Bonchev–Trinajstić information content (AvgIpc) is 2.90. The van der Waals surface area contributed by atoms with Crippen LogP contribution < -0.4 is 10.5 Å². The number of aryl methyl sites for hydroxylation is 1. The van der Waals surface area contributed by atoms with Crippen molar-refractivity contribution in [1.29, 1.82) is 0 Å². The Bertz CT molecular complexity index is 1600. The Kier molecular flexibility index (Phi) is 6.84. The monoisotopic (exact) mass is 585 g/mol. The lowest BCUT2D eigenvalue weighted by Crippen LogP contribution is -2.48. The van der Waals surface area contributed by atoms with Gasteiger partial charge in [-0.2, -0.15) is 0 Å². The van der Waals surface area contributed by atoms with Gasteiger partial charge in [0, 0.05) is 38.8 Å². The molecule has 0 spiro atoms. The zero-order valence-corrected chi connectivity index (χ0v) is 21.7. The van der Waals surface area contributed by atoms with Crippen molar-refractivity contribution in [1.82, 2.24) is 14.5 Å². The number of nitrogens with zero attached hydrogens (tertiary/aromatic N) is 5. The minimum atomic E-state index is -0.771. The molecule has 1 saturated heterocycles. The molecule has 0 radical (unpaired) electrons. The van der Waals surface area contributed by atoms with Crippen molar-refractivity contribution in [2.75, 3.05) is 31.1 Å². The van der Waals surface area contributed by atoms with Gasteiger partial charge < -0.3 is 14.6 Å². The van der Waals surface area contributed by atoms with E-state index in [9.17, 15) is 28.8 Å². The lowest BCUT2D eigenvalue weighted by Gasteiger charge is -2.40. The second-order valence-electron chi connectivity index (χ2n) is 8.97. The summed E-state index contributed by atoms with van der Waals surface area (Å²) in [6.07, 6.45) is 0. The van der Waals surface area contributed by atoms with Gasteiger partial charge in [-0.15, -0.1) is 0 Å². The second kappa shape index (κ2) is 10.1. The first-order valence-corrected chi connectivity index (χ1v) is 12.5. The number of nitro groups is 1. The third-order valence-corrected chi connectivity index (χ3v) is 7.28. The zero-order valence-electron chi connectivity index (χ0n) is 20.1. The Morgan fingerprint density at radius 3 is 2.39 bits per heavy atom. The normalized spacial score (nSPS) is 15.1. The lowest BCUT2D eigenvalue weighted by atomic mass is 9.95. The van der Waals surface area contributed by atoms with E-state index in [1.165, 1.54) is 29.8 Å². The molecule has 0 amide bonds. The Hall–Kier alpha value is -3.90. The summed E-state index contributed by atoms with van der Waals surface area (Å²) in [4.78, 5) is 32.5. The van der Waals surface area contributed by atoms with Gasteiger partial charge in [0.25, 0.3) is 0 Å². The van der Waals surface area contributed by atoms with E-state index >= 15 is 0 Å². The Labute approximate surface area is 223 Å². The SMILES string of the molecule is Cn1c(=O)c([N+](=O)[O-])c(N2CCN([C@@H](c3ccc(F)cc3)c3cccc(F)c3O)CC2)c2nc(Br)ccc21. The number of rotatable bonds is 5. The van der Waals surface area contributed by atoms with Crippen LogP contribution in [0.5, 0.6) is 5.75 Å². The second-order valence-corrected chi connectivity index (χ2v) is 9.79. The first-order chi connectivity index (χ1) is 18.2. The fourth-order valence-electron chi connectivity index (χ4n) is 5.01. The Morgan fingerprint density at radius 1 is 1.05 bits per heavy atom. The van der Waals surface area contributed by atoms with Crippen LogP contribution in [0.15, 0.2) is 64.0 Å². The van der Waals surface area contributed by atoms with Gasteiger partial charge >= 0.3 is 11.2 Å². The van der Waals surface area contributed by atoms with Crippen molar-refractivity contribution in [2.24, 2.45) is 7.05 Å². The highest BCUT2D eigenvalue weighted by atomic mass is 79.9. The van der Waals surface area contributed by atoms with Crippen molar-refractivity contribution in [2.45, 2.75) is 6.04 Å². The molecule has 0 bridgehead atoms. The number of hydrogen-bond donors (Lipinski definition) is 1. The van der Waals surface area contributed by atoms with Gasteiger partial charge in [-0.3, -0.25) is 19.8 Å². The van der Waals surface area contributed by atoms with E-state index in [0.29, 0.717) is 39.9 Å². The number of halogens is 3. The third kappa shape index (κ3) is 4.50. The molecule has 5 rings (SSSR count). The summed E-state index contributed by atoms with van der Waals surface area (Å²) in [6, 6.07) is 12.8. The number of fused-ring (bicyclic) bond motifs is 1. The Balaban J connectivity index is 1.55. The minimum absolute atomic E-state index is 0.140. The van der Waals surface area contributed by atoms with Crippen LogP contribution in [0.25, 0.3) is 11.0 Å². The summed E-state index contributed by atoms with van der Waals surface area (Å²) in [5.74, 6) is -1.69. The molecule has 3 heterocycles. The quantitative estimate of drug-likeness (QED) is 0.209. The molecule has 2 aromatic heterocycles. The Morgan fingerprint density at radius 2 is 1.74 bits per heavy atom. The fraction of sp³-hybridized carbons (Fsp3) is 0.231. The number of para-hydroxylation sites is 1. The van der Waals surface area contributed by atoms with E-state index in [-0.39, 0.29) is 18.8 Å². The molecule has 1 fully saturated rings. The van der Waals surface area contributed by atoms with Crippen LogP contribution in [0.1, 0.15) is 17.2 Å². The molecule has 38 heavy (non-hydrogen) atoms. The molecular weight excluding hydrogens is 564 g/mol. The summed E-state index contributed by atoms with van der Waals surface area (Å²) in [6.45, 7) is 1.26. The number of aromatic hydroxyl groups is 1.